The number of aromatic nitrogens is 1. The average molecular weight is 603 g/mol. The van der Waals surface area contributed by atoms with Crippen LogP contribution in [-0.4, -0.2) is 52.4 Å². The minimum atomic E-state index is -1.02. The predicted molar refractivity (Wildman–Crippen MR) is 180 cm³/mol. The second-order valence-electron chi connectivity index (χ2n) is 12.2. The van der Waals surface area contributed by atoms with E-state index in [1.807, 2.05) is 18.3 Å². The summed E-state index contributed by atoms with van der Waals surface area (Å²) in [6.07, 6.45) is 14.0. The SMILES string of the molecule is NC(N)=NCC(=CC(=O)O)C(CC1CCc2cc3ccccc3cc2C1CCCC(N)CCCCCCO)Nc1ccc[nH]1. The number of nitrogens with zero attached hydrogens (tertiary/aromatic N) is 1. The first-order valence-electron chi connectivity index (χ1n) is 16.1. The van der Waals surface area contributed by atoms with Gasteiger partial charge in [-0.2, -0.15) is 0 Å². The number of carbonyl (C=O) groups is 1. The van der Waals surface area contributed by atoms with Gasteiger partial charge in [0.05, 0.1) is 12.6 Å². The van der Waals surface area contributed by atoms with Crippen LogP contribution in [0.2, 0.25) is 0 Å². The number of nitrogens with two attached hydrogens (primary N) is 3. The summed E-state index contributed by atoms with van der Waals surface area (Å²) >= 11 is 0. The number of aliphatic imine (C=N–C) groups is 1. The van der Waals surface area contributed by atoms with Gasteiger partial charge in [0.1, 0.15) is 5.82 Å². The standard InChI is InChI=1S/C35H50N6O3/c36-29(11-3-1-2-6-18-42)12-7-13-30-27(16-15-26-19-24-9-4-5-10-25(24)20-31(26)30)21-32(41-33-14-8-17-39-33)28(22-34(43)44)23-40-35(37)38/h4-5,8-10,14,17,19-20,22,27,29-30,32,39,41-42H,1-3,6-7,11-13,15-16,18,21,23,36H2,(H,43,44)(H4,37,38,40). The number of hydrogen-bond acceptors (Lipinski definition) is 5. The van der Waals surface area contributed by atoms with Crippen molar-refractivity contribution in [3.63, 3.8) is 0 Å². The van der Waals surface area contributed by atoms with Gasteiger partial charge in [-0.15, -0.1) is 0 Å². The number of hydrogen-bond donors (Lipinski definition) is 7. The van der Waals surface area contributed by atoms with Gasteiger partial charge in [-0.1, -0.05) is 62.1 Å². The van der Waals surface area contributed by atoms with E-state index in [1.54, 1.807) is 0 Å². The van der Waals surface area contributed by atoms with E-state index in [0.29, 0.717) is 17.4 Å². The number of fused-ring (bicyclic) bond motifs is 2. The minimum absolute atomic E-state index is 0.0685. The van der Waals surface area contributed by atoms with Crippen LogP contribution >= 0.6 is 0 Å². The van der Waals surface area contributed by atoms with Gasteiger partial charge >= 0.3 is 5.97 Å². The van der Waals surface area contributed by atoms with Crippen molar-refractivity contribution in [3.8, 4) is 0 Å². The van der Waals surface area contributed by atoms with Crippen molar-refractivity contribution in [2.45, 2.75) is 88.6 Å². The van der Waals surface area contributed by atoms with Gasteiger partial charge in [0.2, 0.25) is 0 Å². The summed E-state index contributed by atoms with van der Waals surface area (Å²) in [6, 6.07) is 17.0. The van der Waals surface area contributed by atoms with Crippen LogP contribution in [0.15, 0.2) is 71.4 Å². The molecular weight excluding hydrogens is 552 g/mol. The summed E-state index contributed by atoms with van der Waals surface area (Å²) in [5.74, 6) is 0.372. The first-order chi connectivity index (χ1) is 21.3. The fraction of sp³-hybridized carbons (Fsp3) is 0.486. The van der Waals surface area contributed by atoms with E-state index >= 15 is 0 Å². The molecule has 0 fully saturated rings. The molecule has 4 atom stereocenters. The van der Waals surface area contributed by atoms with Crippen LogP contribution in [0.3, 0.4) is 0 Å². The lowest BCUT2D eigenvalue weighted by Gasteiger charge is -2.37. The van der Waals surface area contributed by atoms with E-state index in [2.05, 4.69) is 51.7 Å². The molecule has 238 valence electrons. The molecule has 0 aliphatic heterocycles. The van der Waals surface area contributed by atoms with E-state index in [1.165, 1.54) is 28.0 Å². The van der Waals surface area contributed by atoms with Crippen molar-refractivity contribution in [1.29, 1.82) is 0 Å². The summed E-state index contributed by atoms with van der Waals surface area (Å²) in [4.78, 5) is 19.3. The molecule has 9 nitrogen and oxygen atoms in total. The molecule has 1 aliphatic rings. The van der Waals surface area contributed by atoms with E-state index in [-0.39, 0.29) is 31.2 Å². The Morgan fingerprint density at radius 3 is 2.50 bits per heavy atom. The third-order valence-electron chi connectivity index (χ3n) is 9.00. The fourth-order valence-corrected chi connectivity index (χ4v) is 6.76. The van der Waals surface area contributed by atoms with Crippen LogP contribution in [0.4, 0.5) is 5.82 Å². The molecule has 0 saturated carbocycles. The Hall–Kier alpha value is -3.82. The van der Waals surface area contributed by atoms with Gasteiger partial charge in [-0.25, -0.2) is 9.79 Å². The Morgan fingerprint density at radius 1 is 1.05 bits per heavy atom. The maximum atomic E-state index is 11.9. The summed E-state index contributed by atoms with van der Waals surface area (Å²) in [5, 5.41) is 24.8. The fourth-order valence-electron chi connectivity index (χ4n) is 6.76. The van der Waals surface area contributed by atoms with Crippen LogP contribution in [-0.2, 0) is 11.2 Å². The summed E-state index contributed by atoms with van der Waals surface area (Å²) < 4.78 is 0. The number of nitrogens with one attached hydrogen (secondary N) is 2. The predicted octanol–water partition coefficient (Wildman–Crippen LogP) is 5.41. The van der Waals surface area contributed by atoms with Crippen molar-refractivity contribution < 1.29 is 15.0 Å². The Balaban J connectivity index is 1.58. The number of rotatable bonds is 18. The zero-order valence-corrected chi connectivity index (χ0v) is 25.8. The number of carboxylic acids is 1. The molecule has 4 rings (SSSR count). The molecule has 0 spiro atoms. The number of aliphatic hydroxyl groups excluding tert-OH is 1. The molecule has 2 aromatic carbocycles. The van der Waals surface area contributed by atoms with Crippen molar-refractivity contribution in [1.82, 2.24) is 4.98 Å². The number of carboxylic acid groups (broad SMARTS) is 1. The van der Waals surface area contributed by atoms with E-state index in [0.717, 1.165) is 76.4 Å². The van der Waals surface area contributed by atoms with Gasteiger partial charge in [-0.3, -0.25) is 0 Å². The maximum Gasteiger partial charge on any atom is 0.328 e. The highest BCUT2D eigenvalue weighted by Crippen LogP contribution is 2.44. The lowest BCUT2D eigenvalue weighted by atomic mass is 9.69. The first-order valence-corrected chi connectivity index (χ1v) is 16.1. The number of anilines is 1. The molecule has 0 radical (unpaired) electrons. The number of guanidine groups is 1. The van der Waals surface area contributed by atoms with Gasteiger partial charge < -0.3 is 37.7 Å². The quantitative estimate of drug-likeness (QED) is 0.0441. The number of benzene rings is 2. The molecule has 10 N–H and O–H groups in total. The smallest absolute Gasteiger partial charge is 0.328 e. The molecule has 0 saturated heterocycles. The van der Waals surface area contributed by atoms with Crippen LogP contribution < -0.4 is 22.5 Å². The largest absolute Gasteiger partial charge is 0.478 e. The van der Waals surface area contributed by atoms with Crippen LogP contribution in [0.5, 0.6) is 0 Å². The Morgan fingerprint density at radius 2 is 1.80 bits per heavy atom. The zero-order valence-electron chi connectivity index (χ0n) is 25.8. The van der Waals surface area contributed by atoms with Crippen LogP contribution in [0, 0.1) is 5.92 Å². The normalized spacial score (nSPS) is 18.0. The number of aliphatic hydroxyl groups is 1. The monoisotopic (exact) mass is 602 g/mol. The third-order valence-corrected chi connectivity index (χ3v) is 9.00. The topological polar surface area (TPSA) is 176 Å². The number of unbranched alkanes of at least 4 members (excludes halogenated alkanes) is 3. The number of H-pyrrole nitrogens is 1. The van der Waals surface area contributed by atoms with E-state index < -0.39 is 5.97 Å². The van der Waals surface area contributed by atoms with Crippen molar-refractivity contribution in [2.24, 2.45) is 28.1 Å². The van der Waals surface area contributed by atoms with E-state index in [9.17, 15) is 9.90 Å². The second kappa shape index (κ2) is 16.9. The molecule has 1 aliphatic carbocycles. The van der Waals surface area contributed by atoms with Crippen molar-refractivity contribution in [3.05, 3.63) is 77.5 Å². The number of aliphatic carboxylic acids is 1. The molecule has 1 heterocycles. The van der Waals surface area contributed by atoms with Crippen molar-refractivity contribution >= 4 is 28.5 Å². The van der Waals surface area contributed by atoms with Gasteiger partial charge in [-0.05, 0) is 96.4 Å². The van der Waals surface area contributed by atoms with Crippen LogP contribution in [0.25, 0.3) is 10.8 Å². The number of aryl methyl sites for hydroxylation is 1. The Bertz CT molecular complexity index is 1380. The van der Waals surface area contributed by atoms with Crippen molar-refractivity contribution in [2.75, 3.05) is 18.5 Å². The van der Waals surface area contributed by atoms with Gasteiger partial charge in [0, 0.05) is 24.9 Å². The Kier molecular flexibility index (Phi) is 12.7. The molecule has 9 heteroatoms. The summed E-state index contributed by atoms with van der Waals surface area (Å²) in [5.41, 5.74) is 21.3. The molecule has 0 amide bonds. The average Bonchev–Trinajstić information content (AvgIpc) is 3.51. The zero-order chi connectivity index (χ0) is 31.3. The second-order valence-corrected chi connectivity index (χ2v) is 12.2. The molecule has 0 bridgehead atoms. The van der Waals surface area contributed by atoms with Crippen LogP contribution in [0.1, 0.15) is 81.3 Å². The van der Waals surface area contributed by atoms with E-state index in [4.69, 9.17) is 22.3 Å². The highest BCUT2D eigenvalue weighted by atomic mass is 16.4. The molecule has 1 aromatic heterocycles. The van der Waals surface area contributed by atoms with Gasteiger partial charge in [0.25, 0.3) is 0 Å². The highest BCUT2D eigenvalue weighted by molar-refractivity contribution is 5.84. The lowest BCUT2D eigenvalue weighted by Crippen LogP contribution is -2.32. The minimum Gasteiger partial charge on any atom is -0.478 e. The molecule has 3 aromatic rings. The molecular formula is C35H50N6O3. The van der Waals surface area contributed by atoms with Gasteiger partial charge in [0.15, 0.2) is 5.96 Å². The molecule has 4 unspecified atom stereocenters. The molecule has 44 heavy (non-hydrogen) atoms. The highest BCUT2D eigenvalue weighted by Gasteiger charge is 2.33. The first kappa shape index (κ1) is 33.1. The summed E-state index contributed by atoms with van der Waals surface area (Å²) in [6.45, 7) is 0.368. The number of aromatic amines is 1. The third kappa shape index (κ3) is 9.86. The maximum absolute atomic E-state index is 11.9. The summed E-state index contributed by atoms with van der Waals surface area (Å²) in [7, 11) is 0. The Labute approximate surface area is 261 Å². The lowest BCUT2D eigenvalue weighted by molar-refractivity contribution is -0.131.